The van der Waals surface area contributed by atoms with Gasteiger partial charge in [0.1, 0.15) is 5.69 Å². The van der Waals surface area contributed by atoms with Crippen molar-refractivity contribution >= 4 is 40.9 Å². The molecule has 0 aliphatic heterocycles. The van der Waals surface area contributed by atoms with Crippen molar-refractivity contribution in [3.63, 3.8) is 0 Å². The summed E-state index contributed by atoms with van der Waals surface area (Å²) < 4.78 is 0. The van der Waals surface area contributed by atoms with Crippen molar-refractivity contribution in [2.24, 2.45) is 0 Å². The van der Waals surface area contributed by atoms with E-state index < -0.39 is 5.97 Å². The number of hydrogen-bond acceptors (Lipinski definition) is 3. The van der Waals surface area contributed by atoms with E-state index in [9.17, 15) is 9.59 Å². The summed E-state index contributed by atoms with van der Waals surface area (Å²) in [6.45, 7) is 0.376. The molecule has 0 saturated carbocycles. The Morgan fingerprint density at radius 1 is 1.45 bits per heavy atom. The van der Waals surface area contributed by atoms with Gasteiger partial charge in [-0.25, -0.2) is 4.79 Å². The summed E-state index contributed by atoms with van der Waals surface area (Å²) >= 11 is 7.14. The lowest BCUT2D eigenvalue weighted by molar-refractivity contribution is -0.131. The molecule has 0 saturated heterocycles. The molecule has 0 aliphatic carbocycles. The zero-order valence-electron chi connectivity index (χ0n) is 10.2. The summed E-state index contributed by atoms with van der Waals surface area (Å²) in [5, 5.41) is 11.8. The Kier molecular flexibility index (Phi) is 4.60. The van der Waals surface area contributed by atoms with Gasteiger partial charge < -0.3 is 15.4 Å². The highest BCUT2D eigenvalue weighted by Crippen LogP contribution is 2.18. The van der Waals surface area contributed by atoms with Crippen LogP contribution in [0.4, 0.5) is 0 Å². The number of hydrogen-bond donors (Lipinski definition) is 3. The third-order valence-electron chi connectivity index (χ3n) is 2.39. The maximum Gasteiger partial charge on any atom is 0.328 e. The van der Waals surface area contributed by atoms with E-state index in [0.29, 0.717) is 17.3 Å². The van der Waals surface area contributed by atoms with Crippen molar-refractivity contribution in [3.05, 3.63) is 50.9 Å². The highest BCUT2D eigenvalue weighted by Gasteiger charge is 2.08. The molecule has 0 aromatic carbocycles. The van der Waals surface area contributed by atoms with Crippen LogP contribution >= 0.6 is 22.9 Å². The number of carbonyl (C=O) groups excluding carboxylic acids is 1. The average Bonchev–Trinajstić information content (AvgIpc) is 3.02. The van der Waals surface area contributed by atoms with Crippen LogP contribution in [-0.4, -0.2) is 22.0 Å². The molecule has 5 nitrogen and oxygen atoms in total. The second-order valence-electron chi connectivity index (χ2n) is 3.89. The van der Waals surface area contributed by atoms with Gasteiger partial charge in [-0.3, -0.25) is 4.79 Å². The van der Waals surface area contributed by atoms with Gasteiger partial charge in [0.25, 0.3) is 5.91 Å². The number of carbonyl (C=O) groups is 2. The standard InChI is InChI=1S/C13H11ClN2O3S/c14-8-5-11(15-6-8)13(19)16-7-10-2-1-9(20-10)3-4-12(17)18/h1-6,15H,7H2,(H,16,19)(H,17,18). The fourth-order valence-corrected chi connectivity index (χ4v) is 2.51. The van der Waals surface area contributed by atoms with Crippen LogP contribution in [0.2, 0.25) is 5.02 Å². The van der Waals surface area contributed by atoms with E-state index in [-0.39, 0.29) is 5.91 Å². The normalized spacial score (nSPS) is 10.8. The predicted octanol–water partition coefficient (Wildman–Crippen LogP) is 2.76. The van der Waals surface area contributed by atoms with Crippen LogP contribution < -0.4 is 5.32 Å². The quantitative estimate of drug-likeness (QED) is 0.743. The summed E-state index contributed by atoms with van der Waals surface area (Å²) in [4.78, 5) is 26.7. The zero-order chi connectivity index (χ0) is 14.5. The maximum absolute atomic E-state index is 11.8. The third-order valence-corrected chi connectivity index (χ3v) is 3.66. The van der Waals surface area contributed by atoms with Crippen molar-refractivity contribution in [2.75, 3.05) is 0 Å². The van der Waals surface area contributed by atoms with Crippen LogP contribution in [0.25, 0.3) is 6.08 Å². The zero-order valence-corrected chi connectivity index (χ0v) is 11.8. The molecule has 7 heteroatoms. The second kappa shape index (κ2) is 6.40. The van der Waals surface area contributed by atoms with E-state index in [1.807, 2.05) is 6.07 Å². The smallest absolute Gasteiger partial charge is 0.328 e. The summed E-state index contributed by atoms with van der Waals surface area (Å²) in [6.07, 6.45) is 4.13. The summed E-state index contributed by atoms with van der Waals surface area (Å²) in [5.41, 5.74) is 0.401. The highest BCUT2D eigenvalue weighted by molar-refractivity contribution is 7.12. The molecule has 2 rings (SSSR count). The number of nitrogens with one attached hydrogen (secondary N) is 2. The van der Waals surface area contributed by atoms with Crippen LogP contribution in [-0.2, 0) is 11.3 Å². The van der Waals surface area contributed by atoms with E-state index in [0.717, 1.165) is 15.8 Å². The van der Waals surface area contributed by atoms with Crippen LogP contribution in [0, 0.1) is 0 Å². The number of aliphatic carboxylic acids is 1. The minimum absolute atomic E-state index is 0.243. The minimum atomic E-state index is -0.989. The molecular weight excluding hydrogens is 300 g/mol. The molecule has 104 valence electrons. The van der Waals surface area contributed by atoms with Gasteiger partial charge in [-0.2, -0.15) is 0 Å². The van der Waals surface area contributed by atoms with Gasteiger partial charge >= 0.3 is 5.97 Å². The number of aromatic nitrogens is 1. The lowest BCUT2D eigenvalue weighted by Gasteiger charge is -2.00. The van der Waals surface area contributed by atoms with Gasteiger partial charge in [0.05, 0.1) is 11.6 Å². The molecule has 0 atom stereocenters. The van der Waals surface area contributed by atoms with Crippen molar-refractivity contribution in [3.8, 4) is 0 Å². The van der Waals surface area contributed by atoms with E-state index >= 15 is 0 Å². The van der Waals surface area contributed by atoms with Crippen molar-refractivity contribution < 1.29 is 14.7 Å². The number of aromatic amines is 1. The first-order valence-corrected chi connectivity index (χ1v) is 6.86. The summed E-state index contributed by atoms with van der Waals surface area (Å²) in [5.74, 6) is -1.23. The molecule has 2 aromatic rings. The Morgan fingerprint density at radius 2 is 2.25 bits per heavy atom. The number of H-pyrrole nitrogens is 1. The van der Waals surface area contributed by atoms with Crippen LogP contribution in [0.15, 0.2) is 30.5 Å². The Hall–Kier alpha value is -2.05. The molecule has 20 heavy (non-hydrogen) atoms. The van der Waals surface area contributed by atoms with Gasteiger partial charge in [0, 0.05) is 22.0 Å². The number of carboxylic acids is 1. The number of amides is 1. The summed E-state index contributed by atoms with van der Waals surface area (Å²) in [7, 11) is 0. The van der Waals surface area contributed by atoms with Gasteiger partial charge in [0.2, 0.25) is 0 Å². The van der Waals surface area contributed by atoms with Gasteiger partial charge in [-0.1, -0.05) is 11.6 Å². The lowest BCUT2D eigenvalue weighted by atomic mass is 10.3. The van der Waals surface area contributed by atoms with Gasteiger partial charge in [-0.05, 0) is 24.3 Å². The second-order valence-corrected chi connectivity index (χ2v) is 5.53. The fraction of sp³-hybridized carbons (Fsp3) is 0.0769. The van der Waals surface area contributed by atoms with Crippen molar-refractivity contribution in [1.29, 1.82) is 0 Å². The maximum atomic E-state index is 11.8. The summed E-state index contributed by atoms with van der Waals surface area (Å²) in [6, 6.07) is 5.19. The Labute approximate surface area is 123 Å². The van der Waals surface area contributed by atoms with Crippen LogP contribution in [0.1, 0.15) is 20.2 Å². The SMILES string of the molecule is O=C(O)C=Cc1ccc(CNC(=O)c2cc(Cl)c[nH]2)s1. The topological polar surface area (TPSA) is 82.2 Å². The average molecular weight is 311 g/mol. The molecule has 0 spiro atoms. The van der Waals surface area contributed by atoms with Crippen molar-refractivity contribution in [2.45, 2.75) is 6.54 Å². The molecule has 0 aliphatic rings. The molecule has 0 fully saturated rings. The largest absolute Gasteiger partial charge is 0.478 e. The fourth-order valence-electron chi connectivity index (χ4n) is 1.49. The highest BCUT2D eigenvalue weighted by atomic mass is 35.5. The van der Waals surface area contributed by atoms with Crippen LogP contribution in [0.3, 0.4) is 0 Å². The predicted molar refractivity (Wildman–Crippen MR) is 78.0 cm³/mol. The molecule has 0 unspecified atom stereocenters. The van der Waals surface area contributed by atoms with Gasteiger partial charge in [0.15, 0.2) is 0 Å². The number of rotatable bonds is 5. The van der Waals surface area contributed by atoms with E-state index in [4.69, 9.17) is 16.7 Å². The molecule has 0 radical (unpaired) electrons. The number of thiophene rings is 1. The van der Waals surface area contributed by atoms with Gasteiger partial charge in [-0.15, -0.1) is 11.3 Å². The monoisotopic (exact) mass is 310 g/mol. The first-order chi connectivity index (χ1) is 9.54. The number of halogens is 1. The first-order valence-electron chi connectivity index (χ1n) is 5.66. The van der Waals surface area contributed by atoms with E-state index in [1.165, 1.54) is 23.6 Å². The first kappa shape index (κ1) is 14.4. The van der Waals surface area contributed by atoms with Crippen LogP contribution in [0.5, 0.6) is 0 Å². The Balaban J connectivity index is 1.91. The van der Waals surface area contributed by atoms with E-state index in [1.54, 1.807) is 12.1 Å². The molecule has 2 heterocycles. The van der Waals surface area contributed by atoms with E-state index in [2.05, 4.69) is 10.3 Å². The molecule has 0 bridgehead atoms. The minimum Gasteiger partial charge on any atom is -0.478 e. The third kappa shape index (κ3) is 3.97. The molecule has 2 aromatic heterocycles. The Morgan fingerprint density at radius 3 is 2.90 bits per heavy atom. The molecular formula is C13H11ClN2O3S. The Bertz CT molecular complexity index is 660. The lowest BCUT2D eigenvalue weighted by Crippen LogP contribution is -2.22. The molecule has 3 N–H and O–H groups in total. The van der Waals surface area contributed by atoms with Crippen molar-refractivity contribution in [1.82, 2.24) is 10.3 Å². The molecule has 1 amide bonds. The number of carboxylic acid groups (broad SMARTS) is 1.